The molecule has 2 rings (SSSR count). The van der Waals surface area contributed by atoms with Gasteiger partial charge in [-0.3, -0.25) is 14.9 Å². The van der Waals surface area contributed by atoms with E-state index in [9.17, 15) is 24.6 Å². The maximum absolute atomic E-state index is 12.7. The summed E-state index contributed by atoms with van der Waals surface area (Å²) in [5.41, 5.74) is 1.21. The van der Waals surface area contributed by atoms with Crippen LogP contribution in [0.15, 0.2) is 6.07 Å². The van der Waals surface area contributed by atoms with Crippen molar-refractivity contribution in [3.05, 3.63) is 22.8 Å². The molecular formula is C18H24N2O7. The van der Waals surface area contributed by atoms with E-state index in [0.717, 1.165) is 12.7 Å². The fraction of sp³-hybridized carbons (Fsp3) is 0.500. The Morgan fingerprint density at radius 1 is 1.37 bits per heavy atom. The molecule has 0 fully saturated rings. The summed E-state index contributed by atoms with van der Waals surface area (Å²) in [4.78, 5) is 35.4. The minimum Gasteiger partial charge on any atom is -0.504 e. The lowest BCUT2D eigenvalue weighted by molar-refractivity contribution is -0.149. The molecule has 1 amide bonds. The number of hydrogen-bond acceptors (Lipinski definition) is 7. The highest BCUT2D eigenvalue weighted by molar-refractivity contribution is 5.90. The van der Waals surface area contributed by atoms with Gasteiger partial charge in [0.1, 0.15) is 6.04 Å². The second-order valence-corrected chi connectivity index (χ2v) is 7.10. The van der Waals surface area contributed by atoms with Gasteiger partial charge >= 0.3 is 11.9 Å². The third-order valence-corrected chi connectivity index (χ3v) is 4.77. The van der Waals surface area contributed by atoms with Gasteiger partial charge in [-0.15, -0.1) is 0 Å². The van der Waals surface area contributed by atoms with E-state index in [4.69, 9.17) is 5.11 Å². The summed E-state index contributed by atoms with van der Waals surface area (Å²) < 4.78 is 4.55. The lowest BCUT2D eigenvalue weighted by Gasteiger charge is -2.39. The molecule has 0 bridgehead atoms. The molecule has 0 saturated heterocycles. The summed E-state index contributed by atoms with van der Waals surface area (Å²) in [6, 6.07) is -0.614. The largest absolute Gasteiger partial charge is 0.504 e. The maximum Gasteiger partial charge on any atom is 0.328 e. The van der Waals surface area contributed by atoms with E-state index in [0.29, 0.717) is 11.1 Å². The van der Waals surface area contributed by atoms with Crippen LogP contribution in [0.4, 0.5) is 0 Å². The first-order valence-corrected chi connectivity index (χ1v) is 8.40. The molecule has 0 spiro atoms. The topological polar surface area (TPSA) is 145 Å². The van der Waals surface area contributed by atoms with Crippen LogP contribution in [0.25, 0.3) is 0 Å². The Kier molecular flexibility index (Phi) is 5.65. The Morgan fingerprint density at radius 2 is 2.00 bits per heavy atom. The number of nitrogens with one attached hydrogen (secondary N) is 2. The Bertz CT molecular complexity index is 788. The molecule has 1 heterocycles. The third kappa shape index (κ3) is 4.13. The number of aromatic hydroxyl groups is 2. The van der Waals surface area contributed by atoms with Crippen LogP contribution in [0, 0.1) is 6.92 Å². The Balaban J connectivity index is 2.30. The van der Waals surface area contributed by atoms with Crippen LogP contribution < -0.4 is 10.6 Å². The van der Waals surface area contributed by atoms with Gasteiger partial charge in [-0.05, 0) is 49.9 Å². The minimum atomic E-state index is -1.30. The van der Waals surface area contributed by atoms with E-state index >= 15 is 0 Å². The second kappa shape index (κ2) is 7.43. The predicted octanol–water partition coefficient (Wildman–Crippen LogP) is 0.288. The van der Waals surface area contributed by atoms with Crippen molar-refractivity contribution < 1.29 is 34.4 Å². The first-order valence-electron chi connectivity index (χ1n) is 8.40. The summed E-state index contributed by atoms with van der Waals surface area (Å²) in [6.45, 7) is 5.28. The van der Waals surface area contributed by atoms with Crippen molar-refractivity contribution in [3.63, 3.8) is 0 Å². The molecular weight excluding hydrogens is 356 g/mol. The highest BCUT2D eigenvalue weighted by Gasteiger charge is 2.38. The van der Waals surface area contributed by atoms with Gasteiger partial charge in [0, 0.05) is 5.54 Å². The molecule has 148 valence electrons. The molecule has 1 aliphatic rings. The van der Waals surface area contributed by atoms with Crippen molar-refractivity contribution in [2.24, 2.45) is 0 Å². The first-order chi connectivity index (χ1) is 12.5. The van der Waals surface area contributed by atoms with Crippen LogP contribution in [-0.2, 0) is 31.1 Å². The first kappa shape index (κ1) is 20.5. The molecule has 0 aliphatic carbocycles. The van der Waals surface area contributed by atoms with Gasteiger partial charge in [0.2, 0.25) is 5.91 Å². The van der Waals surface area contributed by atoms with E-state index in [-0.39, 0.29) is 17.9 Å². The van der Waals surface area contributed by atoms with Gasteiger partial charge < -0.3 is 25.4 Å². The molecule has 1 aliphatic heterocycles. The van der Waals surface area contributed by atoms with Gasteiger partial charge in [0.25, 0.3) is 0 Å². The number of phenols is 2. The van der Waals surface area contributed by atoms with E-state index in [1.165, 1.54) is 6.07 Å². The summed E-state index contributed by atoms with van der Waals surface area (Å²) >= 11 is 0. The van der Waals surface area contributed by atoms with E-state index in [1.54, 1.807) is 6.92 Å². The fourth-order valence-electron chi connectivity index (χ4n) is 3.36. The Morgan fingerprint density at radius 3 is 2.56 bits per heavy atom. The Hall–Kier alpha value is -2.81. The lowest BCUT2D eigenvalue weighted by atomic mass is 9.79. The standard InChI is InChI=1S/C18H24N2O7/c1-8-9-5-11(16(25)19-12(7-14(22)23)17(26)27-4)20-18(2,3)10(9)6-13(21)15(8)24/h6,11-12,20-21,24H,5,7H2,1-4H3,(H,19,25)(H,22,23)/t11-,12?/m0/s1. The van der Waals surface area contributed by atoms with E-state index < -0.39 is 41.9 Å². The average molecular weight is 380 g/mol. The average Bonchev–Trinajstić information content (AvgIpc) is 2.58. The number of ether oxygens (including phenoxy) is 1. The van der Waals surface area contributed by atoms with Crippen molar-refractivity contribution in [3.8, 4) is 11.5 Å². The molecule has 2 atom stereocenters. The van der Waals surface area contributed by atoms with Crippen molar-refractivity contribution >= 4 is 17.8 Å². The van der Waals surface area contributed by atoms with Crippen molar-refractivity contribution in [2.75, 3.05) is 7.11 Å². The number of carbonyl (C=O) groups excluding carboxylic acids is 2. The smallest absolute Gasteiger partial charge is 0.328 e. The van der Waals surface area contributed by atoms with Crippen LogP contribution in [0.3, 0.4) is 0 Å². The van der Waals surface area contributed by atoms with Crippen LogP contribution in [0.5, 0.6) is 11.5 Å². The number of carboxylic acid groups (broad SMARTS) is 1. The number of methoxy groups -OCH3 is 1. The molecule has 1 unspecified atom stereocenters. The fourth-order valence-corrected chi connectivity index (χ4v) is 3.36. The van der Waals surface area contributed by atoms with Crippen LogP contribution in [-0.4, -0.2) is 52.4 Å². The number of hydrogen-bond donors (Lipinski definition) is 5. The molecule has 9 heteroatoms. The number of aliphatic carboxylic acids is 1. The highest BCUT2D eigenvalue weighted by Crippen LogP contribution is 2.40. The monoisotopic (exact) mass is 380 g/mol. The number of esters is 1. The number of benzene rings is 1. The molecule has 0 radical (unpaired) electrons. The van der Waals surface area contributed by atoms with E-state index in [1.807, 2.05) is 13.8 Å². The Labute approximate surface area is 156 Å². The summed E-state index contributed by atoms with van der Waals surface area (Å²) in [5, 5.41) is 34.4. The molecule has 27 heavy (non-hydrogen) atoms. The zero-order valence-electron chi connectivity index (χ0n) is 15.6. The number of carbonyl (C=O) groups is 3. The summed E-state index contributed by atoms with van der Waals surface area (Å²) in [6.07, 6.45) is -0.399. The van der Waals surface area contributed by atoms with Crippen LogP contribution >= 0.6 is 0 Å². The SMILES string of the molecule is COC(=O)C(CC(=O)O)NC(=O)[C@@H]1Cc2c(cc(O)c(O)c2C)C(C)(C)N1. The predicted molar refractivity (Wildman–Crippen MR) is 94.4 cm³/mol. The quantitative estimate of drug-likeness (QED) is 0.362. The highest BCUT2D eigenvalue weighted by atomic mass is 16.5. The lowest BCUT2D eigenvalue weighted by Crippen LogP contribution is -2.58. The molecule has 9 nitrogen and oxygen atoms in total. The van der Waals surface area contributed by atoms with Crippen molar-refractivity contribution in [1.29, 1.82) is 0 Å². The van der Waals surface area contributed by atoms with Crippen LogP contribution in [0.1, 0.15) is 37.0 Å². The number of rotatable bonds is 5. The molecule has 1 aromatic rings. The minimum absolute atomic E-state index is 0.200. The molecule has 5 N–H and O–H groups in total. The third-order valence-electron chi connectivity index (χ3n) is 4.77. The van der Waals surface area contributed by atoms with Gasteiger partial charge in [0.15, 0.2) is 11.5 Å². The zero-order chi connectivity index (χ0) is 20.5. The van der Waals surface area contributed by atoms with Crippen molar-refractivity contribution in [2.45, 2.75) is 51.2 Å². The normalized spacial score (nSPS) is 18.9. The maximum atomic E-state index is 12.7. The van der Waals surface area contributed by atoms with Gasteiger partial charge in [0.05, 0.1) is 19.6 Å². The summed E-state index contributed by atoms with van der Waals surface area (Å²) in [7, 11) is 1.11. The van der Waals surface area contributed by atoms with Gasteiger partial charge in [-0.25, -0.2) is 4.79 Å². The molecule has 0 aromatic heterocycles. The van der Waals surface area contributed by atoms with E-state index in [2.05, 4.69) is 15.4 Å². The molecule has 0 saturated carbocycles. The molecule has 1 aromatic carbocycles. The van der Waals surface area contributed by atoms with Gasteiger partial charge in [-0.2, -0.15) is 0 Å². The second-order valence-electron chi connectivity index (χ2n) is 7.10. The number of fused-ring (bicyclic) bond motifs is 1. The summed E-state index contributed by atoms with van der Waals surface area (Å²) in [5.74, 6) is -3.14. The van der Waals surface area contributed by atoms with Crippen LogP contribution in [0.2, 0.25) is 0 Å². The number of carboxylic acids is 1. The van der Waals surface area contributed by atoms with Crippen molar-refractivity contribution in [1.82, 2.24) is 10.6 Å². The number of amides is 1. The zero-order valence-corrected chi connectivity index (χ0v) is 15.6. The number of phenolic OH excluding ortho intramolecular Hbond substituents is 2. The van der Waals surface area contributed by atoms with Gasteiger partial charge in [-0.1, -0.05) is 0 Å².